The maximum Gasteiger partial charge on any atom is 0.320 e. The number of esters is 1. The van der Waals surface area contributed by atoms with Gasteiger partial charge in [-0.3, -0.25) is 19.7 Å². The lowest BCUT2D eigenvalue weighted by atomic mass is 9.99. The predicted molar refractivity (Wildman–Crippen MR) is 73.8 cm³/mol. The molecule has 1 aromatic rings. The number of carboxylic acid groups (broad SMARTS) is 1. The number of ether oxygens (including phenoxy) is 1. The quantitative estimate of drug-likeness (QED) is 0.341. The molecule has 0 radical (unpaired) electrons. The minimum atomic E-state index is -1.24. The highest BCUT2D eigenvalue weighted by molar-refractivity contribution is 5.93. The molecule has 21 heavy (non-hydrogen) atoms. The number of nitrogens with zero attached hydrogens (tertiary/aromatic N) is 1. The Morgan fingerprint density at radius 2 is 2.05 bits per heavy atom. The van der Waals surface area contributed by atoms with Crippen molar-refractivity contribution < 1.29 is 24.4 Å². The summed E-state index contributed by atoms with van der Waals surface area (Å²) in [5.41, 5.74) is 0.524. The molecule has 114 valence electrons. The molecule has 7 heteroatoms. The maximum atomic E-state index is 11.5. The van der Waals surface area contributed by atoms with E-state index in [2.05, 4.69) is 0 Å². The molecule has 0 aliphatic heterocycles. The lowest BCUT2D eigenvalue weighted by Gasteiger charge is -2.11. The van der Waals surface area contributed by atoms with Crippen molar-refractivity contribution in [3.63, 3.8) is 0 Å². The molecule has 0 fully saturated rings. The van der Waals surface area contributed by atoms with Gasteiger partial charge in [0.2, 0.25) is 0 Å². The number of aliphatic carboxylic acids is 1. The fraction of sp³-hybridized carbons (Fsp3) is 0.429. The van der Waals surface area contributed by atoms with E-state index in [1.165, 1.54) is 6.07 Å². The summed E-state index contributed by atoms with van der Waals surface area (Å²) in [5.74, 6) is -3.24. The molecule has 0 bridgehead atoms. The fourth-order valence-corrected chi connectivity index (χ4v) is 1.98. The molecule has 0 aliphatic carbocycles. The van der Waals surface area contributed by atoms with E-state index in [0.29, 0.717) is 18.4 Å². The molecule has 0 saturated heterocycles. The first kappa shape index (κ1) is 16.6. The highest BCUT2D eigenvalue weighted by Crippen LogP contribution is 2.21. The minimum absolute atomic E-state index is 0.000472. The zero-order valence-electron chi connectivity index (χ0n) is 11.7. The third kappa shape index (κ3) is 4.87. The van der Waals surface area contributed by atoms with Gasteiger partial charge < -0.3 is 9.84 Å². The van der Waals surface area contributed by atoms with E-state index in [9.17, 15) is 19.7 Å². The molecule has 0 amide bonds. The topological polar surface area (TPSA) is 107 Å². The van der Waals surface area contributed by atoms with Crippen LogP contribution in [0.4, 0.5) is 5.69 Å². The highest BCUT2D eigenvalue weighted by atomic mass is 16.6. The van der Waals surface area contributed by atoms with Crippen molar-refractivity contribution in [2.75, 3.05) is 6.61 Å². The van der Waals surface area contributed by atoms with Gasteiger partial charge in [-0.1, -0.05) is 18.2 Å². The Balaban J connectivity index is 2.65. The smallest absolute Gasteiger partial charge is 0.320 e. The van der Waals surface area contributed by atoms with Crippen LogP contribution in [0.25, 0.3) is 0 Å². The largest absolute Gasteiger partial charge is 0.481 e. The van der Waals surface area contributed by atoms with Crippen molar-refractivity contribution in [1.29, 1.82) is 0 Å². The molecule has 1 unspecified atom stereocenters. The van der Waals surface area contributed by atoms with E-state index in [4.69, 9.17) is 9.84 Å². The van der Waals surface area contributed by atoms with Crippen LogP contribution in [0.3, 0.4) is 0 Å². The average Bonchev–Trinajstić information content (AvgIpc) is 2.43. The number of aryl methyl sites for hydroxylation is 1. The number of nitro benzene ring substituents is 1. The Bertz CT molecular complexity index is 528. The van der Waals surface area contributed by atoms with Crippen molar-refractivity contribution >= 4 is 17.6 Å². The van der Waals surface area contributed by atoms with Crippen molar-refractivity contribution in [1.82, 2.24) is 0 Å². The van der Waals surface area contributed by atoms with Gasteiger partial charge in [-0.05, 0) is 26.2 Å². The van der Waals surface area contributed by atoms with Gasteiger partial charge in [0.05, 0.1) is 11.5 Å². The molecule has 1 atom stereocenters. The SMILES string of the molecule is CCOC(=O)C(CCCc1ccccc1[N+](=O)[O-])C(=O)O. The zero-order chi connectivity index (χ0) is 15.8. The van der Waals surface area contributed by atoms with Gasteiger partial charge in [0.25, 0.3) is 5.69 Å². The Morgan fingerprint density at radius 3 is 2.62 bits per heavy atom. The molecule has 0 aromatic heterocycles. The fourth-order valence-electron chi connectivity index (χ4n) is 1.98. The van der Waals surface area contributed by atoms with E-state index in [1.807, 2.05) is 0 Å². The summed E-state index contributed by atoms with van der Waals surface area (Å²) in [6.07, 6.45) is 0.765. The van der Waals surface area contributed by atoms with Crippen LogP contribution in [-0.4, -0.2) is 28.6 Å². The van der Waals surface area contributed by atoms with E-state index in [1.54, 1.807) is 25.1 Å². The molecule has 7 nitrogen and oxygen atoms in total. The number of carbonyl (C=O) groups is 2. The van der Waals surface area contributed by atoms with E-state index in [0.717, 1.165) is 0 Å². The monoisotopic (exact) mass is 295 g/mol. The second-order valence-corrected chi connectivity index (χ2v) is 4.42. The molecule has 0 heterocycles. The summed E-state index contributed by atoms with van der Waals surface area (Å²) < 4.78 is 4.70. The lowest BCUT2D eigenvalue weighted by molar-refractivity contribution is -0.385. The maximum absolute atomic E-state index is 11.5. The lowest BCUT2D eigenvalue weighted by Crippen LogP contribution is -2.26. The molecular formula is C14H17NO6. The number of nitro groups is 1. The standard InChI is InChI=1S/C14H17NO6/c1-2-21-14(18)11(13(16)17)8-5-7-10-6-3-4-9-12(10)15(19)20/h3-4,6,9,11H,2,5,7-8H2,1H3,(H,16,17). The Kier molecular flexibility index (Phi) is 6.32. The van der Waals surface area contributed by atoms with Crippen LogP contribution in [0.1, 0.15) is 25.3 Å². The summed E-state index contributed by atoms with van der Waals surface area (Å²) in [5, 5.41) is 19.9. The number of para-hydroxylation sites is 1. The molecule has 1 N–H and O–H groups in total. The molecule has 1 rings (SSSR count). The summed E-state index contributed by atoms with van der Waals surface area (Å²) in [6, 6.07) is 6.27. The molecule has 0 spiro atoms. The third-order valence-electron chi connectivity index (χ3n) is 3.00. The Morgan fingerprint density at radius 1 is 1.38 bits per heavy atom. The van der Waals surface area contributed by atoms with Gasteiger partial charge in [-0.25, -0.2) is 0 Å². The van der Waals surface area contributed by atoms with Crippen LogP contribution in [0.5, 0.6) is 0 Å². The van der Waals surface area contributed by atoms with Crippen molar-refractivity contribution in [2.24, 2.45) is 5.92 Å². The van der Waals surface area contributed by atoms with E-state index in [-0.39, 0.29) is 18.7 Å². The first-order valence-electron chi connectivity index (χ1n) is 6.59. The summed E-state index contributed by atoms with van der Waals surface area (Å²) in [6.45, 7) is 1.72. The van der Waals surface area contributed by atoms with Crippen molar-refractivity contribution in [3.05, 3.63) is 39.9 Å². The number of carboxylic acids is 1. The van der Waals surface area contributed by atoms with Gasteiger partial charge in [0.1, 0.15) is 0 Å². The predicted octanol–water partition coefficient (Wildman–Crippen LogP) is 2.18. The van der Waals surface area contributed by atoms with E-state index < -0.39 is 22.8 Å². The molecule has 0 saturated carbocycles. The van der Waals surface area contributed by atoms with Crippen molar-refractivity contribution in [2.45, 2.75) is 26.2 Å². The summed E-state index contributed by atoms with van der Waals surface area (Å²) in [7, 11) is 0. The highest BCUT2D eigenvalue weighted by Gasteiger charge is 2.27. The first-order chi connectivity index (χ1) is 9.97. The molecular weight excluding hydrogens is 278 g/mol. The normalized spacial score (nSPS) is 11.7. The van der Waals surface area contributed by atoms with Crippen LogP contribution in [0, 0.1) is 16.0 Å². The number of hydrogen-bond acceptors (Lipinski definition) is 5. The van der Waals surface area contributed by atoms with Crippen LogP contribution in [-0.2, 0) is 20.7 Å². The Hall–Kier alpha value is -2.44. The van der Waals surface area contributed by atoms with Crippen LogP contribution >= 0.6 is 0 Å². The van der Waals surface area contributed by atoms with Gasteiger partial charge in [-0.2, -0.15) is 0 Å². The van der Waals surface area contributed by atoms with Crippen LogP contribution < -0.4 is 0 Å². The molecule has 1 aromatic carbocycles. The third-order valence-corrected chi connectivity index (χ3v) is 3.00. The average molecular weight is 295 g/mol. The minimum Gasteiger partial charge on any atom is -0.481 e. The summed E-state index contributed by atoms with van der Waals surface area (Å²) >= 11 is 0. The molecule has 0 aliphatic rings. The van der Waals surface area contributed by atoms with Crippen molar-refractivity contribution in [3.8, 4) is 0 Å². The second-order valence-electron chi connectivity index (χ2n) is 4.42. The zero-order valence-corrected chi connectivity index (χ0v) is 11.7. The first-order valence-corrected chi connectivity index (χ1v) is 6.59. The van der Waals surface area contributed by atoms with Crippen LogP contribution in [0.2, 0.25) is 0 Å². The van der Waals surface area contributed by atoms with Gasteiger partial charge in [-0.15, -0.1) is 0 Å². The summed E-state index contributed by atoms with van der Waals surface area (Å²) in [4.78, 5) is 32.9. The van der Waals surface area contributed by atoms with Crippen LogP contribution in [0.15, 0.2) is 24.3 Å². The second kappa shape index (κ2) is 7.98. The number of carbonyl (C=O) groups excluding carboxylic acids is 1. The number of hydrogen-bond donors (Lipinski definition) is 1. The number of rotatable bonds is 8. The Labute approximate surface area is 121 Å². The van der Waals surface area contributed by atoms with Gasteiger partial charge in [0, 0.05) is 11.6 Å². The van der Waals surface area contributed by atoms with Gasteiger partial charge >= 0.3 is 11.9 Å². The van der Waals surface area contributed by atoms with E-state index >= 15 is 0 Å². The van der Waals surface area contributed by atoms with Gasteiger partial charge in [0.15, 0.2) is 5.92 Å². The number of benzene rings is 1.